The molecule has 0 bridgehead atoms. The standard InChI is InChI=1S/C12H15N3S/c13-12(5-7-16-8-6-12)11-14-9-3-1-2-4-10(9)15-11/h1-4H,5-8,13H2,(H,14,15). The Balaban J connectivity index is 2.04. The summed E-state index contributed by atoms with van der Waals surface area (Å²) < 4.78 is 0. The maximum absolute atomic E-state index is 6.44. The number of nitrogens with zero attached hydrogens (tertiary/aromatic N) is 1. The SMILES string of the molecule is NC1(c2nc3ccccc3[nH]2)CCSCC1. The summed E-state index contributed by atoms with van der Waals surface area (Å²) in [4.78, 5) is 7.98. The van der Waals surface area contributed by atoms with Gasteiger partial charge in [0.15, 0.2) is 0 Å². The number of rotatable bonds is 1. The number of aromatic nitrogens is 2. The molecule has 1 saturated heterocycles. The van der Waals surface area contributed by atoms with E-state index >= 15 is 0 Å². The van der Waals surface area contributed by atoms with Crippen molar-refractivity contribution in [3.63, 3.8) is 0 Å². The Morgan fingerprint density at radius 3 is 2.75 bits per heavy atom. The minimum Gasteiger partial charge on any atom is -0.340 e. The highest BCUT2D eigenvalue weighted by Crippen LogP contribution is 2.32. The van der Waals surface area contributed by atoms with Crippen molar-refractivity contribution in [2.24, 2.45) is 5.73 Å². The van der Waals surface area contributed by atoms with E-state index in [1.165, 1.54) is 0 Å². The van der Waals surface area contributed by atoms with Gasteiger partial charge in [-0.1, -0.05) is 12.1 Å². The molecule has 4 heteroatoms. The number of fused-ring (bicyclic) bond motifs is 1. The molecule has 2 aromatic rings. The normalized spacial score (nSPS) is 20.1. The van der Waals surface area contributed by atoms with Gasteiger partial charge in [0.25, 0.3) is 0 Å². The van der Waals surface area contributed by atoms with Gasteiger partial charge in [-0.25, -0.2) is 4.98 Å². The number of aromatic amines is 1. The first kappa shape index (κ1) is 10.2. The predicted molar refractivity (Wildman–Crippen MR) is 68.5 cm³/mol. The zero-order valence-electron chi connectivity index (χ0n) is 9.07. The fourth-order valence-electron chi connectivity index (χ4n) is 2.16. The zero-order chi connectivity index (χ0) is 11.0. The Bertz CT molecular complexity index is 467. The average molecular weight is 233 g/mol. The molecule has 0 amide bonds. The number of H-pyrrole nitrogens is 1. The Labute approximate surface area is 98.8 Å². The smallest absolute Gasteiger partial charge is 0.127 e. The monoisotopic (exact) mass is 233 g/mol. The van der Waals surface area contributed by atoms with Crippen molar-refractivity contribution in [2.75, 3.05) is 11.5 Å². The van der Waals surface area contributed by atoms with Gasteiger partial charge < -0.3 is 10.7 Å². The van der Waals surface area contributed by atoms with Gasteiger partial charge >= 0.3 is 0 Å². The van der Waals surface area contributed by atoms with Gasteiger partial charge in [-0.2, -0.15) is 11.8 Å². The molecule has 3 rings (SSSR count). The Morgan fingerprint density at radius 2 is 2.00 bits per heavy atom. The van der Waals surface area contributed by atoms with Gasteiger partial charge in [-0.05, 0) is 36.5 Å². The second-order valence-corrected chi connectivity index (χ2v) is 5.60. The molecular formula is C12H15N3S. The van der Waals surface area contributed by atoms with Crippen molar-refractivity contribution in [1.82, 2.24) is 9.97 Å². The minimum atomic E-state index is -0.246. The molecule has 1 aliphatic rings. The van der Waals surface area contributed by atoms with Crippen molar-refractivity contribution in [2.45, 2.75) is 18.4 Å². The highest BCUT2D eigenvalue weighted by molar-refractivity contribution is 7.99. The molecule has 3 nitrogen and oxygen atoms in total. The summed E-state index contributed by atoms with van der Waals surface area (Å²) in [7, 11) is 0. The van der Waals surface area contributed by atoms with E-state index in [1.807, 2.05) is 36.0 Å². The third-order valence-electron chi connectivity index (χ3n) is 3.25. The van der Waals surface area contributed by atoms with Crippen LogP contribution in [0.15, 0.2) is 24.3 Å². The Hall–Kier alpha value is -1.000. The van der Waals surface area contributed by atoms with E-state index in [2.05, 4.69) is 9.97 Å². The van der Waals surface area contributed by atoms with E-state index in [4.69, 9.17) is 5.73 Å². The molecule has 2 heterocycles. The van der Waals surface area contributed by atoms with E-state index in [0.29, 0.717) is 0 Å². The highest BCUT2D eigenvalue weighted by Gasteiger charge is 2.32. The average Bonchev–Trinajstić information content (AvgIpc) is 2.74. The lowest BCUT2D eigenvalue weighted by molar-refractivity contribution is 0.390. The van der Waals surface area contributed by atoms with Gasteiger partial charge in [0.05, 0.1) is 16.6 Å². The number of nitrogens with two attached hydrogens (primary N) is 1. The maximum atomic E-state index is 6.44. The van der Waals surface area contributed by atoms with E-state index in [9.17, 15) is 0 Å². The van der Waals surface area contributed by atoms with Crippen LogP contribution < -0.4 is 5.73 Å². The van der Waals surface area contributed by atoms with E-state index < -0.39 is 0 Å². The van der Waals surface area contributed by atoms with Crippen LogP contribution in [-0.2, 0) is 5.54 Å². The molecule has 1 aromatic heterocycles. The van der Waals surface area contributed by atoms with Gasteiger partial charge in [0.1, 0.15) is 5.82 Å². The molecule has 0 spiro atoms. The number of hydrogen-bond acceptors (Lipinski definition) is 3. The third-order valence-corrected chi connectivity index (χ3v) is 4.23. The van der Waals surface area contributed by atoms with Crippen LogP contribution in [0, 0.1) is 0 Å². The summed E-state index contributed by atoms with van der Waals surface area (Å²) in [5, 5.41) is 0. The second-order valence-electron chi connectivity index (χ2n) is 4.37. The lowest BCUT2D eigenvalue weighted by Gasteiger charge is -2.30. The molecule has 0 aliphatic carbocycles. The summed E-state index contributed by atoms with van der Waals surface area (Å²) in [5.74, 6) is 3.22. The first-order valence-corrected chi connectivity index (χ1v) is 6.75. The van der Waals surface area contributed by atoms with Crippen LogP contribution in [0.3, 0.4) is 0 Å². The lowest BCUT2D eigenvalue weighted by atomic mass is 9.93. The highest BCUT2D eigenvalue weighted by atomic mass is 32.2. The minimum absolute atomic E-state index is 0.246. The molecule has 16 heavy (non-hydrogen) atoms. The van der Waals surface area contributed by atoms with E-state index in [1.54, 1.807) is 0 Å². The predicted octanol–water partition coefficient (Wildman–Crippen LogP) is 2.24. The molecule has 84 valence electrons. The lowest BCUT2D eigenvalue weighted by Crippen LogP contribution is -2.41. The van der Waals surface area contributed by atoms with Crippen LogP contribution in [-0.4, -0.2) is 21.5 Å². The molecule has 1 fully saturated rings. The molecule has 0 radical (unpaired) electrons. The number of benzene rings is 1. The topological polar surface area (TPSA) is 54.7 Å². The van der Waals surface area contributed by atoms with Crippen molar-refractivity contribution < 1.29 is 0 Å². The maximum Gasteiger partial charge on any atom is 0.127 e. The van der Waals surface area contributed by atoms with Crippen molar-refractivity contribution in [3.05, 3.63) is 30.1 Å². The summed E-state index contributed by atoms with van der Waals surface area (Å²) in [6.07, 6.45) is 2.02. The number of thioether (sulfide) groups is 1. The fraction of sp³-hybridized carbons (Fsp3) is 0.417. The first-order valence-electron chi connectivity index (χ1n) is 5.60. The third kappa shape index (κ3) is 1.62. The molecule has 1 aliphatic heterocycles. The van der Waals surface area contributed by atoms with Crippen LogP contribution in [0.1, 0.15) is 18.7 Å². The van der Waals surface area contributed by atoms with Crippen LogP contribution in [0.2, 0.25) is 0 Å². The molecular weight excluding hydrogens is 218 g/mol. The molecule has 0 saturated carbocycles. The van der Waals surface area contributed by atoms with Crippen molar-refractivity contribution in [3.8, 4) is 0 Å². The number of hydrogen-bond donors (Lipinski definition) is 2. The van der Waals surface area contributed by atoms with Gasteiger partial charge in [0, 0.05) is 0 Å². The van der Waals surface area contributed by atoms with E-state index in [-0.39, 0.29) is 5.54 Å². The van der Waals surface area contributed by atoms with Crippen molar-refractivity contribution in [1.29, 1.82) is 0 Å². The number of para-hydroxylation sites is 2. The summed E-state index contributed by atoms with van der Waals surface area (Å²) in [5.41, 5.74) is 8.29. The molecule has 0 atom stereocenters. The Kier molecular flexibility index (Phi) is 2.41. The fourth-order valence-corrected chi connectivity index (χ4v) is 3.38. The van der Waals surface area contributed by atoms with E-state index in [0.717, 1.165) is 41.2 Å². The first-order chi connectivity index (χ1) is 7.78. The number of imidazole rings is 1. The van der Waals surface area contributed by atoms with Crippen LogP contribution in [0.4, 0.5) is 0 Å². The summed E-state index contributed by atoms with van der Waals surface area (Å²) >= 11 is 1.98. The largest absolute Gasteiger partial charge is 0.340 e. The van der Waals surface area contributed by atoms with Crippen LogP contribution in [0.5, 0.6) is 0 Å². The second kappa shape index (κ2) is 3.79. The Morgan fingerprint density at radius 1 is 1.25 bits per heavy atom. The quantitative estimate of drug-likeness (QED) is 0.794. The van der Waals surface area contributed by atoms with Gasteiger partial charge in [-0.15, -0.1) is 0 Å². The summed E-state index contributed by atoms with van der Waals surface area (Å²) in [6.45, 7) is 0. The van der Waals surface area contributed by atoms with Crippen molar-refractivity contribution >= 4 is 22.8 Å². The summed E-state index contributed by atoms with van der Waals surface area (Å²) in [6, 6.07) is 8.10. The molecule has 0 unspecified atom stereocenters. The van der Waals surface area contributed by atoms with Crippen LogP contribution >= 0.6 is 11.8 Å². The molecule has 3 N–H and O–H groups in total. The van der Waals surface area contributed by atoms with Gasteiger partial charge in [0.2, 0.25) is 0 Å². The van der Waals surface area contributed by atoms with Crippen LogP contribution in [0.25, 0.3) is 11.0 Å². The van der Waals surface area contributed by atoms with Gasteiger partial charge in [-0.3, -0.25) is 0 Å². The number of nitrogens with one attached hydrogen (secondary N) is 1. The zero-order valence-corrected chi connectivity index (χ0v) is 9.89. The molecule has 1 aromatic carbocycles.